The van der Waals surface area contributed by atoms with E-state index in [1.54, 1.807) is 0 Å². The average Bonchev–Trinajstić information content (AvgIpc) is 2.15. The summed E-state index contributed by atoms with van der Waals surface area (Å²) in [6.07, 6.45) is 0.938. The van der Waals surface area contributed by atoms with E-state index in [4.69, 9.17) is 11.5 Å². The van der Waals surface area contributed by atoms with E-state index >= 15 is 0 Å². The van der Waals surface area contributed by atoms with Crippen LogP contribution in [0.25, 0.3) is 0 Å². The van der Waals surface area contributed by atoms with Crippen LogP contribution >= 0.6 is 0 Å². The van der Waals surface area contributed by atoms with E-state index < -0.39 is 0 Å². The van der Waals surface area contributed by atoms with Gasteiger partial charge in [0.25, 0.3) is 0 Å². The third kappa shape index (κ3) is 2.34. The second-order valence-corrected chi connectivity index (χ2v) is 4.32. The summed E-state index contributed by atoms with van der Waals surface area (Å²) in [5.41, 5.74) is 14.1. The lowest BCUT2D eigenvalue weighted by Crippen LogP contribution is -2.31. The summed E-state index contributed by atoms with van der Waals surface area (Å²) >= 11 is 0. The van der Waals surface area contributed by atoms with Crippen LogP contribution in [0, 0.1) is 0 Å². The van der Waals surface area contributed by atoms with Gasteiger partial charge in [-0.25, -0.2) is 0 Å². The molecule has 14 heavy (non-hydrogen) atoms. The van der Waals surface area contributed by atoms with Gasteiger partial charge in [-0.1, -0.05) is 31.2 Å². The Morgan fingerprint density at radius 1 is 1.29 bits per heavy atom. The quantitative estimate of drug-likeness (QED) is 0.772. The van der Waals surface area contributed by atoms with Gasteiger partial charge in [0.05, 0.1) is 0 Å². The normalized spacial score (nSPS) is 14.1. The van der Waals surface area contributed by atoms with E-state index in [2.05, 4.69) is 19.1 Å². The molecular formula is C12H20N2. The Balaban J connectivity index is 3.16. The van der Waals surface area contributed by atoms with Gasteiger partial charge < -0.3 is 11.5 Å². The Hall–Kier alpha value is -0.860. The maximum atomic E-state index is 6.09. The molecule has 0 saturated heterocycles. The molecule has 0 bridgehead atoms. The highest BCUT2D eigenvalue weighted by Gasteiger charge is 2.19. The van der Waals surface area contributed by atoms with Crippen molar-refractivity contribution in [1.29, 1.82) is 0 Å². The zero-order chi connectivity index (χ0) is 10.8. The lowest BCUT2D eigenvalue weighted by Gasteiger charge is -2.25. The Bertz CT molecular complexity index is 299. The molecule has 1 rings (SSSR count). The molecule has 0 aromatic heterocycles. The fourth-order valence-corrected chi connectivity index (χ4v) is 1.63. The van der Waals surface area contributed by atoms with Crippen LogP contribution in [0.2, 0.25) is 0 Å². The highest BCUT2D eigenvalue weighted by Crippen LogP contribution is 2.26. The summed E-state index contributed by atoms with van der Waals surface area (Å²) in [6, 6.07) is 8.24. The second kappa shape index (κ2) is 4.11. The van der Waals surface area contributed by atoms with Gasteiger partial charge in [-0.2, -0.15) is 0 Å². The summed E-state index contributed by atoms with van der Waals surface area (Å²) in [6.45, 7) is 6.10. The zero-order valence-corrected chi connectivity index (χ0v) is 9.25. The standard InChI is InChI=1S/C12H20N2/c1-4-11(13)9-7-5-6-8-10(9)12(2,3)14/h5-8,11H,4,13-14H2,1-3H3. The molecule has 0 heterocycles. The molecule has 1 unspecified atom stereocenters. The first-order valence-electron chi connectivity index (χ1n) is 5.10. The SMILES string of the molecule is CCC(N)c1ccccc1C(C)(C)N. The van der Waals surface area contributed by atoms with Crippen LogP contribution in [0.4, 0.5) is 0 Å². The molecule has 2 nitrogen and oxygen atoms in total. The zero-order valence-electron chi connectivity index (χ0n) is 9.25. The Morgan fingerprint density at radius 2 is 1.86 bits per heavy atom. The summed E-state index contributed by atoms with van der Waals surface area (Å²) in [4.78, 5) is 0. The van der Waals surface area contributed by atoms with Crippen LogP contribution in [0.1, 0.15) is 44.4 Å². The van der Waals surface area contributed by atoms with E-state index in [1.807, 2.05) is 26.0 Å². The average molecular weight is 192 g/mol. The van der Waals surface area contributed by atoms with Crippen molar-refractivity contribution >= 4 is 0 Å². The molecule has 0 saturated carbocycles. The highest BCUT2D eigenvalue weighted by molar-refractivity contribution is 5.34. The van der Waals surface area contributed by atoms with Gasteiger partial charge in [-0.05, 0) is 31.4 Å². The van der Waals surface area contributed by atoms with Gasteiger partial charge in [0.1, 0.15) is 0 Å². The number of hydrogen-bond acceptors (Lipinski definition) is 2. The highest BCUT2D eigenvalue weighted by atomic mass is 14.7. The maximum Gasteiger partial charge on any atom is 0.0355 e. The first-order chi connectivity index (χ1) is 6.46. The summed E-state index contributed by atoms with van der Waals surface area (Å²) in [5, 5.41) is 0. The lowest BCUT2D eigenvalue weighted by molar-refractivity contribution is 0.536. The molecule has 0 aliphatic heterocycles. The molecule has 0 aliphatic rings. The van der Waals surface area contributed by atoms with Crippen LogP contribution in [0.3, 0.4) is 0 Å². The Labute approximate surface area is 86.3 Å². The molecule has 78 valence electrons. The van der Waals surface area contributed by atoms with Gasteiger partial charge in [-0.3, -0.25) is 0 Å². The molecular weight excluding hydrogens is 172 g/mol. The topological polar surface area (TPSA) is 52.0 Å². The molecule has 1 aromatic rings. The Kier molecular flexibility index (Phi) is 3.29. The molecule has 0 amide bonds. The summed E-state index contributed by atoms with van der Waals surface area (Å²) < 4.78 is 0. The fraction of sp³-hybridized carbons (Fsp3) is 0.500. The van der Waals surface area contributed by atoms with E-state index in [1.165, 1.54) is 5.56 Å². The van der Waals surface area contributed by atoms with Crippen LogP contribution in [-0.2, 0) is 5.54 Å². The predicted molar refractivity (Wildman–Crippen MR) is 60.9 cm³/mol. The first kappa shape index (κ1) is 11.2. The van der Waals surface area contributed by atoms with Gasteiger partial charge in [0, 0.05) is 11.6 Å². The predicted octanol–water partition coefficient (Wildman–Crippen LogP) is 2.29. The maximum absolute atomic E-state index is 6.09. The van der Waals surface area contributed by atoms with E-state index in [0.29, 0.717) is 0 Å². The van der Waals surface area contributed by atoms with Gasteiger partial charge in [-0.15, -0.1) is 0 Å². The molecule has 0 radical (unpaired) electrons. The van der Waals surface area contributed by atoms with Crippen LogP contribution < -0.4 is 11.5 Å². The van der Waals surface area contributed by atoms with Gasteiger partial charge in [0.2, 0.25) is 0 Å². The third-order valence-electron chi connectivity index (χ3n) is 2.49. The van der Waals surface area contributed by atoms with Crippen molar-refractivity contribution in [3.05, 3.63) is 35.4 Å². The van der Waals surface area contributed by atoms with Crippen molar-refractivity contribution in [2.45, 2.75) is 38.8 Å². The van der Waals surface area contributed by atoms with Crippen molar-refractivity contribution in [2.24, 2.45) is 11.5 Å². The summed E-state index contributed by atoms with van der Waals surface area (Å²) in [5.74, 6) is 0. The minimum absolute atomic E-state index is 0.0917. The van der Waals surface area contributed by atoms with Crippen molar-refractivity contribution < 1.29 is 0 Å². The number of benzene rings is 1. The molecule has 0 spiro atoms. The van der Waals surface area contributed by atoms with Gasteiger partial charge >= 0.3 is 0 Å². The minimum atomic E-state index is -0.316. The number of rotatable bonds is 3. The van der Waals surface area contributed by atoms with Gasteiger partial charge in [0.15, 0.2) is 0 Å². The van der Waals surface area contributed by atoms with Crippen LogP contribution in [0.15, 0.2) is 24.3 Å². The molecule has 0 aliphatic carbocycles. The minimum Gasteiger partial charge on any atom is -0.324 e. The Morgan fingerprint density at radius 3 is 2.36 bits per heavy atom. The van der Waals surface area contributed by atoms with E-state index in [9.17, 15) is 0 Å². The van der Waals surface area contributed by atoms with E-state index in [-0.39, 0.29) is 11.6 Å². The lowest BCUT2D eigenvalue weighted by atomic mass is 9.87. The molecule has 4 N–H and O–H groups in total. The molecule has 2 heteroatoms. The van der Waals surface area contributed by atoms with Crippen molar-refractivity contribution in [1.82, 2.24) is 0 Å². The van der Waals surface area contributed by atoms with Crippen LogP contribution in [-0.4, -0.2) is 0 Å². The van der Waals surface area contributed by atoms with Crippen molar-refractivity contribution in [3.8, 4) is 0 Å². The summed E-state index contributed by atoms with van der Waals surface area (Å²) in [7, 11) is 0. The molecule has 1 aromatic carbocycles. The molecule has 1 atom stereocenters. The smallest absolute Gasteiger partial charge is 0.0355 e. The largest absolute Gasteiger partial charge is 0.324 e. The van der Waals surface area contributed by atoms with Crippen LogP contribution in [0.5, 0.6) is 0 Å². The fourth-order valence-electron chi connectivity index (χ4n) is 1.63. The third-order valence-corrected chi connectivity index (χ3v) is 2.49. The first-order valence-corrected chi connectivity index (χ1v) is 5.10. The van der Waals surface area contributed by atoms with Crippen molar-refractivity contribution in [3.63, 3.8) is 0 Å². The monoisotopic (exact) mass is 192 g/mol. The molecule has 0 fully saturated rings. The number of hydrogen-bond donors (Lipinski definition) is 2. The second-order valence-electron chi connectivity index (χ2n) is 4.32. The van der Waals surface area contributed by atoms with Crippen molar-refractivity contribution in [2.75, 3.05) is 0 Å². The van der Waals surface area contributed by atoms with E-state index in [0.717, 1.165) is 12.0 Å². The number of nitrogens with two attached hydrogens (primary N) is 2.